The number of hydrogen-bond donors (Lipinski definition) is 2. The number of nitrogens with zero attached hydrogens (tertiary/aromatic N) is 1. The molecule has 0 aromatic heterocycles. The van der Waals surface area contributed by atoms with Crippen LogP contribution in [0.3, 0.4) is 0 Å². The smallest absolute Gasteiger partial charge is 0.407 e. The van der Waals surface area contributed by atoms with Gasteiger partial charge in [0.05, 0.1) is 0 Å². The number of carbonyl (C=O) groups excluding carboxylic acids is 2. The molecule has 0 radical (unpaired) electrons. The first-order chi connectivity index (χ1) is 16.0. The normalized spacial score (nSPS) is 19.4. The van der Waals surface area contributed by atoms with Crippen LogP contribution in [0, 0.1) is 0 Å². The van der Waals surface area contributed by atoms with Crippen LogP contribution < -0.4 is 5.32 Å². The molecule has 1 fully saturated rings. The van der Waals surface area contributed by atoms with Crippen LogP contribution in [0.5, 0.6) is 0 Å². The van der Waals surface area contributed by atoms with Crippen molar-refractivity contribution in [3.63, 3.8) is 0 Å². The second-order valence-electron chi connectivity index (χ2n) is 8.39. The molecule has 172 valence electrons. The highest BCUT2D eigenvalue weighted by Crippen LogP contribution is 2.44. The lowest BCUT2D eigenvalue weighted by Gasteiger charge is -2.33. The molecule has 2 N–H and O–H groups in total. The number of fused-ring (bicyclic) bond motifs is 3. The minimum Gasteiger partial charge on any atom is -0.479 e. The number of carboxylic acids is 1. The van der Waals surface area contributed by atoms with Gasteiger partial charge >= 0.3 is 12.1 Å². The molecule has 33 heavy (non-hydrogen) atoms. The quantitative estimate of drug-likeness (QED) is 0.626. The van der Waals surface area contributed by atoms with Gasteiger partial charge in [-0.2, -0.15) is 0 Å². The molecule has 1 atom stereocenters. The third-order valence-corrected chi connectivity index (χ3v) is 6.71. The number of rotatable bonds is 7. The predicted molar refractivity (Wildman–Crippen MR) is 124 cm³/mol. The number of ether oxygens (including phenoxy) is 1. The monoisotopic (exact) mass is 448 g/mol. The van der Waals surface area contributed by atoms with E-state index < -0.39 is 17.6 Å². The van der Waals surface area contributed by atoms with Crippen LogP contribution in [0.2, 0.25) is 0 Å². The number of likely N-dealkylation sites (tertiary alicyclic amines) is 1. The number of amides is 2. The van der Waals surface area contributed by atoms with Gasteiger partial charge in [0.25, 0.3) is 0 Å². The zero-order valence-corrected chi connectivity index (χ0v) is 18.6. The van der Waals surface area contributed by atoms with E-state index in [0.717, 1.165) is 22.3 Å². The summed E-state index contributed by atoms with van der Waals surface area (Å²) in [6.07, 6.45) is 3.75. The van der Waals surface area contributed by atoms with Crippen molar-refractivity contribution in [3.05, 3.63) is 71.8 Å². The zero-order valence-electron chi connectivity index (χ0n) is 18.6. The SMILES string of the molecule is CCC1(C(=O)O)CCCN1C(=O)/C=C/CNC(=O)OCC1c2ccccc2-c2ccccc21. The Balaban J connectivity index is 1.30. The molecule has 1 saturated heterocycles. The Kier molecular flexibility index (Phi) is 6.49. The first kappa shape index (κ1) is 22.6. The number of benzene rings is 2. The second-order valence-corrected chi connectivity index (χ2v) is 8.39. The molecule has 4 rings (SSSR count). The fourth-order valence-corrected chi connectivity index (χ4v) is 4.98. The van der Waals surface area contributed by atoms with E-state index in [0.29, 0.717) is 25.8 Å². The molecule has 1 aliphatic heterocycles. The van der Waals surface area contributed by atoms with Gasteiger partial charge in [-0.1, -0.05) is 61.5 Å². The van der Waals surface area contributed by atoms with Crippen LogP contribution in [-0.4, -0.2) is 53.2 Å². The van der Waals surface area contributed by atoms with Crippen molar-refractivity contribution in [1.29, 1.82) is 0 Å². The van der Waals surface area contributed by atoms with E-state index in [-0.39, 0.29) is 25.0 Å². The lowest BCUT2D eigenvalue weighted by molar-refractivity contribution is -0.155. The van der Waals surface area contributed by atoms with Crippen molar-refractivity contribution in [2.75, 3.05) is 19.7 Å². The van der Waals surface area contributed by atoms with Gasteiger partial charge in [0.2, 0.25) is 5.91 Å². The summed E-state index contributed by atoms with van der Waals surface area (Å²) in [5.41, 5.74) is 3.47. The van der Waals surface area contributed by atoms with Gasteiger partial charge < -0.3 is 20.1 Å². The van der Waals surface area contributed by atoms with Crippen molar-refractivity contribution >= 4 is 18.0 Å². The van der Waals surface area contributed by atoms with Gasteiger partial charge in [0.1, 0.15) is 12.1 Å². The average Bonchev–Trinajstić information content (AvgIpc) is 3.41. The van der Waals surface area contributed by atoms with Crippen LogP contribution in [0.4, 0.5) is 4.79 Å². The summed E-state index contributed by atoms with van der Waals surface area (Å²) in [7, 11) is 0. The molecule has 2 amide bonds. The number of alkyl carbamates (subject to hydrolysis) is 1. The Morgan fingerprint density at radius 1 is 1.12 bits per heavy atom. The lowest BCUT2D eigenvalue weighted by atomic mass is 9.93. The van der Waals surface area contributed by atoms with Crippen LogP contribution in [-0.2, 0) is 14.3 Å². The summed E-state index contributed by atoms with van der Waals surface area (Å²) in [5.74, 6) is -1.35. The van der Waals surface area contributed by atoms with Crippen LogP contribution >= 0.6 is 0 Å². The van der Waals surface area contributed by atoms with Gasteiger partial charge in [0.15, 0.2) is 0 Å². The summed E-state index contributed by atoms with van der Waals surface area (Å²) >= 11 is 0. The molecule has 1 unspecified atom stereocenters. The molecule has 7 nitrogen and oxygen atoms in total. The van der Waals surface area contributed by atoms with Gasteiger partial charge in [-0.05, 0) is 41.5 Å². The van der Waals surface area contributed by atoms with E-state index in [1.807, 2.05) is 24.3 Å². The molecule has 0 bridgehead atoms. The molecule has 2 aromatic carbocycles. The van der Waals surface area contributed by atoms with Crippen molar-refractivity contribution in [3.8, 4) is 11.1 Å². The van der Waals surface area contributed by atoms with Crippen molar-refractivity contribution in [1.82, 2.24) is 10.2 Å². The molecule has 1 aliphatic carbocycles. The third kappa shape index (κ3) is 4.23. The first-order valence-corrected chi connectivity index (χ1v) is 11.3. The minimum atomic E-state index is -1.14. The topological polar surface area (TPSA) is 95.9 Å². The van der Waals surface area contributed by atoms with Gasteiger partial charge in [-0.25, -0.2) is 9.59 Å². The molecule has 2 aromatic rings. The maximum Gasteiger partial charge on any atom is 0.407 e. The van der Waals surface area contributed by atoms with Crippen LogP contribution in [0.25, 0.3) is 11.1 Å². The van der Waals surface area contributed by atoms with Gasteiger partial charge in [0, 0.05) is 25.1 Å². The Labute approximate surface area is 193 Å². The van der Waals surface area contributed by atoms with Crippen LogP contribution in [0.15, 0.2) is 60.7 Å². The van der Waals surface area contributed by atoms with Crippen molar-refractivity contribution < 1.29 is 24.2 Å². The summed E-state index contributed by atoms with van der Waals surface area (Å²) in [6, 6.07) is 16.2. The highest BCUT2D eigenvalue weighted by molar-refractivity contribution is 5.93. The Hall–Kier alpha value is -3.61. The van der Waals surface area contributed by atoms with E-state index >= 15 is 0 Å². The Bertz CT molecular complexity index is 1050. The first-order valence-electron chi connectivity index (χ1n) is 11.3. The summed E-state index contributed by atoms with van der Waals surface area (Å²) in [5, 5.41) is 12.2. The highest BCUT2D eigenvalue weighted by atomic mass is 16.5. The Morgan fingerprint density at radius 2 is 1.76 bits per heavy atom. The molecule has 1 heterocycles. The van der Waals surface area contributed by atoms with E-state index in [1.165, 1.54) is 17.1 Å². The van der Waals surface area contributed by atoms with Gasteiger partial charge in [-0.15, -0.1) is 0 Å². The average molecular weight is 449 g/mol. The molecule has 2 aliphatic rings. The van der Waals surface area contributed by atoms with Crippen LogP contribution in [0.1, 0.15) is 43.2 Å². The number of hydrogen-bond acceptors (Lipinski definition) is 4. The summed E-state index contributed by atoms with van der Waals surface area (Å²) < 4.78 is 5.47. The molecule has 0 saturated carbocycles. The number of aliphatic carboxylic acids is 1. The molecular formula is C26H28N2O5. The zero-order chi connectivity index (χ0) is 23.4. The number of carboxylic acid groups (broad SMARTS) is 1. The minimum absolute atomic E-state index is 0.0198. The highest BCUT2D eigenvalue weighted by Gasteiger charge is 2.47. The maximum atomic E-state index is 12.5. The Morgan fingerprint density at radius 3 is 2.36 bits per heavy atom. The maximum absolute atomic E-state index is 12.5. The summed E-state index contributed by atoms with van der Waals surface area (Å²) in [6.45, 7) is 2.53. The van der Waals surface area contributed by atoms with Crippen molar-refractivity contribution in [2.24, 2.45) is 0 Å². The van der Waals surface area contributed by atoms with E-state index in [1.54, 1.807) is 6.92 Å². The number of nitrogens with one attached hydrogen (secondary N) is 1. The van der Waals surface area contributed by atoms with Gasteiger partial charge in [-0.3, -0.25) is 4.79 Å². The standard InChI is InChI=1S/C26H28N2O5/c1-2-26(24(30)31)14-8-16-28(26)23(29)13-7-15-27-25(32)33-17-22-20-11-5-3-9-18(20)19-10-4-6-12-21(19)22/h3-7,9-13,22H,2,8,14-17H2,1H3,(H,27,32)(H,30,31)/b13-7+. The largest absolute Gasteiger partial charge is 0.479 e. The predicted octanol–water partition coefficient (Wildman–Crippen LogP) is 3.94. The molecule has 0 spiro atoms. The molecular weight excluding hydrogens is 420 g/mol. The third-order valence-electron chi connectivity index (χ3n) is 6.71. The van der Waals surface area contributed by atoms with E-state index in [2.05, 4.69) is 29.6 Å². The molecule has 7 heteroatoms. The van der Waals surface area contributed by atoms with Crippen molar-refractivity contribution in [2.45, 2.75) is 37.6 Å². The summed E-state index contributed by atoms with van der Waals surface area (Å²) in [4.78, 5) is 37.9. The van der Waals surface area contributed by atoms with E-state index in [9.17, 15) is 19.5 Å². The fraction of sp³-hybridized carbons (Fsp3) is 0.346. The number of carbonyl (C=O) groups is 3. The lowest BCUT2D eigenvalue weighted by Crippen LogP contribution is -2.52. The second kappa shape index (κ2) is 9.48. The van der Waals surface area contributed by atoms with E-state index in [4.69, 9.17) is 4.74 Å². The fourth-order valence-electron chi connectivity index (χ4n) is 4.98.